The fourth-order valence-corrected chi connectivity index (χ4v) is 5.81. The normalized spacial score (nSPS) is 18.2. The molecule has 0 radical (unpaired) electrons. The number of benzene rings is 1. The third kappa shape index (κ3) is 5.59. The van der Waals surface area contributed by atoms with Gasteiger partial charge in [0.2, 0.25) is 5.43 Å². The highest BCUT2D eigenvalue weighted by molar-refractivity contribution is 6.28. The molecule has 41 heavy (non-hydrogen) atoms. The number of rotatable bonds is 10. The van der Waals surface area contributed by atoms with Crippen molar-refractivity contribution in [2.75, 3.05) is 38.7 Å². The first-order chi connectivity index (χ1) is 19.5. The second kappa shape index (κ2) is 11.3. The van der Waals surface area contributed by atoms with Crippen LogP contribution in [0.3, 0.4) is 0 Å². The van der Waals surface area contributed by atoms with Crippen LogP contribution in [0.1, 0.15) is 42.1 Å². The van der Waals surface area contributed by atoms with Gasteiger partial charge in [-0.1, -0.05) is 0 Å². The maximum Gasteiger partial charge on any atom is 0.383 e. The summed E-state index contributed by atoms with van der Waals surface area (Å²) in [6.07, 6.45) is 4.70. The van der Waals surface area contributed by atoms with Gasteiger partial charge in [0.1, 0.15) is 17.4 Å². The molecule has 2 N–H and O–H groups in total. The number of hydrogen-bond donors (Lipinski definition) is 2. The van der Waals surface area contributed by atoms with Gasteiger partial charge in [-0.05, 0) is 60.3 Å². The van der Waals surface area contributed by atoms with Gasteiger partial charge in [0, 0.05) is 37.9 Å². The third-order valence-corrected chi connectivity index (χ3v) is 8.02. The van der Waals surface area contributed by atoms with Crippen LogP contribution in [0.15, 0.2) is 23.3 Å². The second-order valence-corrected chi connectivity index (χ2v) is 10.9. The van der Waals surface area contributed by atoms with E-state index in [1.165, 1.54) is 24.1 Å². The molecule has 220 valence electrons. The van der Waals surface area contributed by atoms with Crippen LogP contribution in [-0.2, 0) is 6.54 Å². The second-order valence-electron chi connectivity index (χ2n) is 10.6. The molecule has 0 spiro atoms. The lowest BCUT2D eigenvalue weighted by molar-refractivity contribution is -0.389. The van der Waals surface area contributed by atoms with Gasteiger partial charge in [-0.3, -0.25) is 14.3 Å². The Morgan fingerprint density at radius 3 is 2.71 bits per heavy atom. The maximum atomic E-state index is 15.8. The van der Waals surface area contributed by atoms with Crippen molar-refractivity contribution in [3.05, 3.63) is 55.5 Å². The van der Waals surface area contributed by atoms with Crippen molar-refractivity contribution in [1.29, 1.82) is 0 Å². The smallest absolute Gasteiger partial charge is 0.383 e. The van der Waals surface area contributed by atoms with Gasteiger partial charge in [-0.15, -0.1) is 0 Å². The Balaban J connectivity index is 1.40. The van der Waals surface area contributed by atoms with E-state index in [-0.39, 0.29) is 47.3 Å². The van der Waals surface area contributed by atoms with E-state index in [1.807, 2.05) is 16.8 Å². The summed E-state index contributed by atoms with van der Waals surface area (Å²) < 4.78 is 24.5. The zero-order valence-electron chi connectivity index (χ0n) is 22.5. The van der Waals surface area contributed by atoms with Crippen molar-refractivity contribution < 1.29 is 29.1 Å². The molecule has 0 amide bonds. The minimum absolute atomic E-state index is 0.00410. The quantitative estimate of drug-likeness (QED) is 0.265. The number of anilines is 1. The molecule has 3 aromatic rings. The first-order valence-electron chi connectivity index (χ1n) is 13.2. The number of nitro groups is 1. The Morgan fingerprint density at radius 2 is 2.10 bits per heavy atom. The molecule has 0 bridgehead atoms. The molecule has 1 aliphatic carbocycles. The topological polar surface area (TPSA) is 156 Å². The van der Waals surface area contributed by atoms with Gasteiger partial charge < -0.3 is 34.5 Å². The molecule has 2 unspecified atom stereocenters. The molecule has 15 heteroatoms. The summed E-state index contributed by atoms with van der Waals surface area (Å²) in [5.74, 6) is -2.28. The average Bonchev–Trinajstić information content (AvgIpc) is 3.70. The maximum absolute atomic E-state index is 15.8. The highest BCUT2D eigenvalue weighted by atomic mass is 35.5. The largest absolute Gasteiger partial charge is 0.492 e. The number of aromatic carboxylic acids is 1. The predicted molar refractivity (Wildman–Crippen MR) is 148 cm³/mol. The van der Waals surface area contributed by atoms with Crippen LogP contribution in [0, 0.1) is 15.9 Å². The SMILES string of the molecule is COc1c(N2CCCC(N(C)CC(O)Cn3cc([N+](=O)[O-])nc3Cl)C2)c(F)cc2c(=O)c(C(=O)O)cn(C3CC3)c12. The third-order valence-electron chi connectivity index (χ3n) is 7.72. The first kappa shape index (κ1) is 28.8. The van der Waals surface area contributed by atoms with Crippen molar-refractivity contribution in [3.63, 3.8) is 0 Å². The van der Waals surface area contributed by atoms with Gasteiger partial charge >= 0.3 is 17.1 Å². The van der Waals surface area contributed by atoms with E-state index in [0.717, 1.165) is 31.7 Å². The summed E-state index contributed by atoms with van der Waals surface area (Å²) in [5, 5.41) is 31.1. The van der Waals surface area contributed by atoms with E-state index in [2.05, 4.69) is 4.98 Å². The minimum Gasteiger partial charge on any atom is -0.492 e. The number of aromatic nitrogens is 3. The molecule has 3 heterocycles. The Kier molecular flexibility index (Phi) is 7.90. The summed E-state index contributed by atoms with van der Waals surface area (Å²) in [5.41, 5.74) is -0.600. The molecule has 1 saturated heterocycles. The number of carboxylic acid groups (broad SMARTS) is 1. The number of carboxylic acids is 1. The summed E-state index contributed by atoms with van der Waals surface area (Å²) in [7, 11) is 3.24. The van der Waals surface area contributed by atoms with Crippen molar-refractivity contribution in [3.8, 4) is 5.75 Å². The van der Waals surface area contributed by atoms with Crippen LogP contribution in [0.5, 0.6) is 5.75 Å². The number of likely N-dealkylation sites (N-methyl/N-ethyl adjacent to an activating group) is 1. The van der Waals surface area contributed by atoms with Crippen molar-refractivity contribution >= 4 is 40.0 Å². The lowest BCUT2D eigenvalue weighted by Gasteiger charge is -2.40. The molecule has 2 aromatic heterocycles. The van der Waals surface area contributed by atoms with Crippen LogP contribution in [-0.4, -0.2) is 86.1 Å². The highest BCUT2D eigenvalue weighted by Crippen LogP contribution is 2.44. The fourth-order valence-electron chi connectivity index (χ4n) is 5.60. The number of ether oxygens (including phenoxy) is 1. The lowest BCUT2D eigenvalue weighted by atomic mass is 10.0. The molecular weight excluding hydrogens is 563 g/mol. The Bertz CT molecular complexity index is 1570. The van der Waals surface area contributed by atoms with Gasteiger partial charge in [0.25, 0.3) is 0 Å². The molecule has 2 atom stereocenters. The van der Waals surface area contributed by atoms with E-state index in [0.29, 0.717) is 18.6 Å². The summed E-state index contributed by atoms with van der Waals surface area (Å²) in [4.78, 5) is 42.5. The number of pyridine rings is 1. The summed E-state index contributed by atoms with van der Waals surface area (Å²) >= 11 is 5.98. The Labute approximate surface area is 238 Å². The van der Waals surface area contributed by atoms with Crippen LogP contribution in [0.4, 0.5) is 15.9 Å². The van der Waals surface area contributed by atoms with Gasteiger partial charge in [-0.25, -0.2) is 9.18 Å². The fraction of sp³-hybridized carbons (Fsp3) is 0.500. The standard InChI is InChI=1S/C26H30ClFN6O7/c1-30(10-16(35)11-32-13-20(34(39)40)29-26(32)27)15-4-3-7-31(9-15)22-19(28)8-17-21(24(22)41-2)33(14-5-6-14)12-18(23(17)36)25(37)38/h8,12-16,35H,3-7,9-11H2,1-2H3,(H,37,38). The summed E-state index contributed by atoms with van der Waals surface area (Å²) in [6, 6.07) is 1.02. The highest BCUT2D eigenvalue weighted by Gasteiger charge is 2.33. The number of aliphatic hydroxyl groups is 1. The van der Waals surface area contributed by atoms with Crippen molar-refractivity contribution in [2.24, 2.45) is 0 Å². The van der Waals surface area contributed by atoms with Gasteiger partial charge in [0.15, 0.2) is 11.6 Å². The Hall–Kier alpha value is -3.75. The number of aliphatic hydroxyl groups excluding tert-OH is 1. The minimum atomic E-state index is -1.37. The number of methoxy groups -OCH3 is 1. The molecular formula is C26H30ClFN6O7. The molecule has 1 saturated carbocycles. The zero-order chi connectivity index (χ0) is 29.6. The van der Waals surface area contributed by atoms with E-state index in [9.17, 15) is 29.9 Å². The van der Waals surface area contributed by atoms with E-state index >= 15 is 4.39 Å². The van der Waals surface area contributed by atoms with Crippen molar-refractivity contribution in [1.82, 2.24) is 19.0 Å². The molecule has 2 aliphatic rings. The molecule has 2 fully saturated rings. The lowest BCUT2D eigenvalue weighted by Crippen LogP contribution is -2.49. The monoisotopic (exact) mass is 592 g/mol. The zero-order valence-corrected chi connectivity index (χ0v) is 23.3. The van der Waals surface area contributed by atoms with Crippen LogP contribution < -0.4 is 15.1 Å². The number of hydrogen-bond acceptors (Lipinski definition) is 9. The molecule has 13 nitrogen and oxygen atoms in total. The van der Waals surface area contributed by atoms with E-state index in [4.69, 9.17) is 16.3 Å². The summed E-state index contributed by atoms with van der Waals surface area (Å²) in [6.45, 7) is 1.16. The van der Waals surface area contributed by atoms with Crippen molar-refractivity contribution in [2.45, 2.75) is 50.4 Å². The van der Waals surface area contributed by atoms with Gasteiger partial charge in [0.05, 0.1) is 30.7 Å². The van der Waals surface area contributed by atoms with Crippen LogP contribution in [0.25, 0.3) is 10.9 Å². The number of imidazole rings is 1. The number of piperidine rings is 1. The number of carbonyl (C=O) groups is 1. The number of halogens is 2. The van der Waals surface area contributed by atoms with E-state index < -0.39 is 39.6 Å². The molecule has 1 aliphatic heterocycles. The first-order valence-corrected chi connectivity index (χ1v) is 13.6. The molecule has 1 aromatic carbocycles. The van der Waals surface area contributed by atoms with Gasteiger partial charge in [-0.2, -0.15) is 0 Å². The van der Waals surface area contributed by atoms with E-state index in [1.54, 1.807) is 4.57 Å². The predicted octanol–water partition coefficient (Wildman–Crippen LogP) is 2.90. The number of nitrogens with zero attached hydrogens (tertiary/aromatic N) is 6. The molecule has 5 rings (SSSR count). The van der Waals surface area contributed by atoms with Crippen LogP contribution in [0.2, 0.25) is 5.28 Å². The Morgan fingerprint density at radius 1 is 1.37 bits per heavy atom. The van der Waals surface area contributed by atoms with Crippen LogP contribution >= 0.6 is 11.6 Å². The average molecular weight is 593 g/mol. The number of fused-ring (bicyclic) bond motifs is 1.